The van der Waals surface area contributed by atoms with Crippen LogP contribution in [-0.4, -0.2) is 23.7 Å². The summed E-state index contributed by atoms with van der Waals surface area (Å²) in [5.74, 6) is 0.910. The van der Waals surface area contributed by atoms with E-state index in [1.165, 1.54) is 5.56 Å². The van der Waals surface area contributed by atoms with Crippen LogP contribution in [0.15, 0.2) is 16.7 Å². The number of hydrogen-bond acceptors (Lipinski definition) is 3. The first kappa shape index (κ1) is 11.9. The molecule has 1 N–H and O–H groups in total. The molecule has 1 unspecified atom stereocenters. The molecule has 1 fully saturated rings. The van der Waals surface area contributed by atoms with Gasteiger partial charge in [0.05, 0.1) is 16.6 Å². The van der Waals surface area contributed by atoms with Gasteiger partial charge in [-0.25, -0.2) is 4.98 Å². The zero-order valence-corrected chi connectivity index (χ0v) is 11.3. The number of anilines is 1. The highest BCUT2D eigenvalue weighted by atomic mass is 79.9. The Labute approximate surface area is 105 Å². The summed E-state index contributed by atoms with van der Waals surface area (Å²) < 4.78 is 6.57. The summed E-state index contributed by atoms with van der Waals surface area (Å²) >= 11 is 3.57. The van der Waals surface area contributed by atoms with Gasteiger partial charge in [0, 0.05) is 12.8 Å². The summed E-state index contributed by atoms with van der Waals surface area (Å²) in [6, 6.07) is 2.00. The van der Waals surface area contributed by atoms with Gasteiger partial charge in [-0.2, -0.15) is 0 Å². The van der Waals surface area contributed by atoms with Crippen molar-refractivity contribution in [1.29, 1.82) is 0 Å². The quantitative estimate of drug-likeness (QED) is 0.906. The average molecular weight is 285 g/mol. The predicted molar refractivity (Wildman–Crippen MR) is 68.8 cm³/mol. The molecule has 0 bridgehead atoms. The number of nitrogens with one attached hydrogen (secondary N) is 1. The first-order chi connectivity index (χ1) is 7.61. The highest BCUT2D eigenvalue weighted by Crippen LogP contribution is 2.29. The monoisotopic (exact) mass is 284 g/mol. The number of aromatic nitrogens is 1. The Morgan fingerprint density at radius 3 is 3.06 bits per heavy atom. The average Bonchev–Trinajstić information content (AvgIpc) is 2.26. The van der Waals surface area contributed by atoms with E-state index in [0.717, 1.165) is 36.3 Å². The van der Waals surface area contributed by atoms with Crippen LogP contribution in [0.1, 0.15) is 25.3 Å². The van der Waals surface area contributed by atoms with Gasteiger partial charge in [0.15, 0.2) is 0 Å². The molecule has 0 aliphatic carbocycles. The lowest BCUT2D eigenvalue weighted by Gasteiger charge is -2.35. The van der Waals surface area contributed by atoms with Crippen molar-refractivity contribution in [1.82, 2.24) is 4.98 Å². The first-order valence-electron chi connectivity index (χ1n) is 5.58. The topological polar surface area (TPSA) is 34.2 Å². The molecule has 0 amide bonds. The summed E-state index contributed by atoms with van der Waals surface area (Å²) in [4.78, 5) is 4.36. The van der Waals surface area contributed by atoms with Crippen molar-refractivity contribution in [3.8, 4) is 0 Å². The Kier molecular flexibility index (Phi) is 3.50. The van der Waals surface area contributed by atoms with Crippen molar-refractivity contribution in [2.45, 2.75) is 32.2 Å². The van der Waals surface area contributed by atoms with E-state index in [1.807, 2.05) is 12.3 Å². The van der Waals surface area contributed by atoms with Crippen molar-refractivity contribution in [3.05, 3.63) is 22.3 Å². The molecule has 0 saturated carbocycles. The molecule has 3 nitrogen and oxygen atoms in total. The second-order valence-electron chi connectivity index (χ2n) is 4.63. The SMILES string of the molecule is Cc1ccnc(NC2(C)CCCOC2)c1Br. The van der Waals surface area contributed by atoms with Crippen LogP contribution in [-0.2, 0) is 4.74 Å². The predicted octanol–water partition coefficient (Wildman–Crippen LogP) is 3.13. The van der Waals surface area contributed by atoms with E-state index < -0.39 is 0 Å². The molecule has 1 aliphatic rings. The van der Waals surface area contributed by atoms with Gasteiger partial charge < -0.3 is 10.1 Å². The summed E-state index contributed by atoms with van der Waals surface area (Å²) in [7, 11) is 0. The van der Waals surface area contributed by atoms with Crippen molar-refractivity contribution < 1.29 is 4.74 Å². The van der Waals surface area contributed by atoms with Gasteiger partial charge in [-0.05, 0) is 54.2 Å². The highest BCUT2D eigenvalue weighted by molar-refractivity contribution is 9.10. The maximum Gasteiger partial charge on any atom is 0.141 e. The summed E-state index contributed by atoms with van der Waals surface area (Å²) in [5.41, 5.74) is 1.19. The number of nitrogens with zero attached hydrogens (tertiary/aromatic N) is 1. The zero-order valence-electron chi connectivity index (χ0n) is 9.72. The van der Waals surface area contributed by atoms with E-state index in [9.17, 15) is 0 Å². The van der Waals surface area contributed by atoms with Gasteiger partial charge in [-0.3, -0.25) is 0 Å². The van der Waals surface area contributed by atoms with E-state index in [2.05, 4.69) is 40.1 Å². The number of halogens is 1. The van der Waals surface area contributed by atoms with Crippen molar-refractivity contribution in [2.75, 3.05) is 18.5 Å². The number of ether oxygens (including phenoxy) is 1. The Bertz CT molecular complexity index is 375. The Morgan fingerprint density at radius 2 is 2.38 bits per heavy atom. The van der Waals surface area contributed by atoms with Crippen LogP contribution < -0.4 is 5.32 Å². The number of hydrogen-bond donors (Lipinski definition) is 1. The molecule has 0 spiro atoms. The lowest BCUT2D eigenvalue weighted by molar-refractivity contribution is 0.0538. The van der Waals surface area contributed by atoms with Gasteiger partial charge >= 0.3 is 0 Å². The van der Waals surface area contributed by atoms with E-state index >= 15 is 0 Å². The normalized spacial score (nSPS) is 25.4. The Morgan fingerprint density at radius 1 is 1.56 bits per heavy atom. The molecule has 2 rings (SSSR count). The minimum Gasteiger partial charge on any atom is -0.379 e. The van der Waals surface area contributed by atoms with Crippen LogP contribution in [0.2, 0.25) is 0 Å². The molecule has 1 saturated heterocycles. The largest absolute Gasteiger partial charge is 0.379 e. The molecular formula is C12H17BrN2O. The van der Waals surface area contributed by atoms with Crippen molar-refractivity contribution in [3.63, 3.8) is 0 Å². The Hall–Kier alpha value is -0.610. The fraction of sp³-hybridized carbons (Fsp3) is 0.583. The summed E-state index contributed by atoms with van der Waals surface area (Å²) in [6.07, 6.45) is 4.05. The molecule has 0 aromatic carbocycles. The molecule has 1 aromatic heterocycles. The minimum absolute atomic E-state index is 0.00155. The van der Waals surface area contributed by atoms with Crippen LogP contribution >= 0.6 is 15.9 Å². The Balaban J connectivity index is 2.16. The van der Waals surface area contributed by atoms with Gasteiger partial charge in [-0.15, -0.1) is 0 Å². The maximum absolute atomic E-state index is 5.52. The molecule has 88 valence electrons. The van der Waals surface area contributed by atoms with Crippen molar-refractivity contribution >= 4 is 21.7 Å². The summed E-state index contributed by atoms with van der Waals surface area (Å²) in [6.45, 7) is 5.87. The molecule has 0 radical (unpaired) electrons. The van der Waals surface area contributed by atoms with Gasteiger partial charge in [0.2, 0.25) is 0 Å². The number of rotatable bonds is 2. The molecule has 16 heavy (non-hydrogen) atoms. The molecule has 1 atom stereocenters. The number of aryl methyl sites for hydroxylation is 1. The zero-order chi connectivity index (χ0) is 11.6. The third-order valence-electron chi connectivity index (χ3n) is 2.94. The fourth-order valence-electron chi connectivity index (χ4n) is 1.95. The van der Waals surface area contributed by atoms with Crippen LogP contribution in [0.3, 0.4) is 0 Å². The third kappa shape index (κ3) is 2.55. The lowest BCUT2D eigenvalue weighted by Crippen LogP contribution is -2.43. The summed E-state index contributed by atoms with van der Waals surface area (Å²) in [5, 5.41) is 3.48. The molecule has 2 heterocycles. The smallest absolute Gasteiger partial charge is 0.141 e. The van der Waals surface area contributed by atoms with Crippen LogP contribution in [0, 0.1) is 6.92 Å². The molecular weight excluding hydrogens is 268 g/mol. The standard InChI is InChI=1S/C12H17BrN2O/c1-9-4-6-14-11(10(9)13)15-12(2)5-3-7-16-8-12/h4,6H,3,5,7-8H2,1-2H3,(H,14,15). The second-order valence-corrected chi connectivity index (χ2v) is 5.43. The van der Waals surface area contributed by atoms with Gasteiger partial charge in [0.1, 0.15) is 5.82 Å². The maximum atomic E-state index is 5.52. The lowest BCUT2D eigenvalue weighted by atomic mass is 9.95. The van der Waals surface area contributed by atoms with E-state index in [4.69, 9.17) is 4.74 Å². The minimum atomic E-state index is 0.00155. The molecule has 1 aliphatic heterocycles. The third-order valence-corrected chi connectivity index (χ3v) is 3.94. The van der Waals surface area contributed by atoms with Crippen LogP contribution in [0.4, 0.5) is 5.82 Å². The van der Waals surface area contributed by atoms with Crippen molar-refractivity contribution in [2.24, 2.45) is 0 Å². The fourth-order valence-corrected chi connectivity index (χ4v) is 2.28. The van der Waals surface area contributed by atoms with E-state index in [1.54, 1.807) is 0 Å². The van der Waals surface area contributed by atoms with Crippen LogP contribution in [0.25, 0.3) is 0 Å². The van der Waals surface area contributed by atoms with E-state index in [0.29, 0.717) is 0 Å². The first-order valence-corrected chi connectivity index (χ1v) is 6.37. The number of pyridine rings is 1. The van der Waals surface area contributed by atoms with Gasteiger partial charge in [-0.1, -0.05) is 0 Å². The molecule has 1 aromatic rings. The van der Waals surface area contributed by atoms with Gasteiger partial charge in [0.25, 0.3) is 0 Å². The molecule has 4 heteroatoms. The van der Waals surface area contributed by atoms with Crippen LogP contribution in [0.5, 0.6) is 0 Å². The van der Waals surface area contributed by atoms with E-state index in [-0.39, 0.29) is 5.54 Å². The highest BCUT2D eigenvalue weighted by Gasteiger charge is 2.28. The second kappa shape index (κ2) is 4.72.